The lowest BCUT2D eigenvalue weighted by atomic mass is 10.2. The van der Waals surface area contributed by atoms with Crippen molar-refractivity contribution >= 4 is 0 Å². The molecule has 0 amide bonds. The van der Waals surface area contributed by atoms with Gasteiger partial charge in [0.25, 0.3) is 0 Å². The minimum absolute atomic E-state index is 0.0135. The van der Waals surface area contributed by atoms with E-state index in [2.05, 4.69) is 5.32 Å². The van der Waals surface area contributed by atoms with Crippen LogP contribution >= 0.6 is 0 Å². The summed E-state index contributed by atoms with van der Waals surface area (Å²) in [7, 11) is 0. The van der Waals surface area contributed by atoms with Crippen LogP contribution in [0.4, 0.5) is 13.2 Å². The zero-order valence-corrected chi connectivity index (χ0v) is 6.99. The van der Waals surface area contributed by atoms with Crippen molar-refractivity contribution in [2.24, 2.45) is 0 Å². The molecule has 0 aliphatic carbocycles. The summed E-state index contributed by atoms with van der Waals surface area (Å²) in [5.74, 6) is 0. The van der Waals surface area contributed by atoms with E-state index in [0.717, 1.165) is 0 Å². The number of hydrogen-bond acceptors (Lipinski definition) is 2. The maximum Gasteiger partial charge on any atom is 0.401 e. The summed E-state index contributed by atoms with van der Waals surface area (Å²) >= 11 is 0. The summed E-state index contributed by atoms with van der Waals surface area (Å²) in [5, 5.41) is 3.04. The Hall–Kier alpha value is -0.290. The van der Waals surface area contributed by atoms with Crippen LogP contribution in [0.25, 0.3) is 0 Å². The Morgan fingerprint density at radius 1 is 1.50 bits per heavy atom. The quantitative estimate of drug-likeness (QED) is 0.646. The van der Waals surface area contributed by atoms with Crippen molar-refractivity contribution in [2.45, 2.75) is 19.1 Å². The molecule has 0 saturated carbocycles. The zero-order chi connectivity index (χ0) is 9.19. The Kier molecular flexibility index (Phi) is 2.95. The van der Waals surface area contributed by atoms with E-state index in [4.69, 9.17) is 0 Å². The molecule has 1 saturated heterocycles. The van der Waals surface area contributed by atoms with E-state index in [-0.39, 0.29) is 6.04 Å². The lowest BCUT2D eigenvalue weighted by Crippen LogP contribution is -2.52. The fourth-order valence-corrected chi connectivity index (χ4v) is 1.35. The van der Waals surface area contributed by atoms with Gasteiger partial charge in [-0.1, -0.05) is 0 Å². The van der Waals surface area contributed by atoms with Crippen LogP contribution in [0.3, 0.4) is 0 Å². The van der Waals surface area contributed by atoms with Crippen LogP contribution in [0.2, 0.25) is 0 Å². The Balaban J connectivity index is 2.39. The van der Waals surface area contributed by atoms with Gasteiger partial charge >= 0.3 is 6.18 Å². The number of nitrogens with zero attached hydrogens (tertiary/aromatic N) is 1. The smallest absolute Gasteiger partial charge is 0.314 e. The van der Waals surface area contributed by atoms with Gasteiger partial charge in [0.1, 0.15) is 0 Å². The number of halogens is 3. The number of hydrogen-bond donors (Lipinski definition) is 1. The fourth-order valence-electron chi connectivity index (χ4n) is 1.35. The molecular formula is C7H13F3N2. The summed E-state index contributed by atoms with van der Waals surface area (Å²) in [6.07, 6.45) is -4.06. The number of alkyl halides is 3. The molecule has 0 aromatic rings. The maximum absolute atomic E-state index is 12.0. The molecule has 0 aromatic heterocycles. The molecule has 72 valence electrons. The van der Waals surface area contributed by atoms with E-state index in [0.29, 0.717) is 19.6 Å². The SMILES string of the molecule is C[C@@H]1CNCCN1CC(F)(F)F. The molecular weight excluding hydrogens is 169 g/mol. The second-order valence-electron chi connectivity index (χ2n) is 3.14. The van der Waals surface area contributed by atoms with Crippen LogP contribution < -0.4 is 5.32 Å². The first-order valence-corrected chi connectivity index (χ1v) is 4.00. The van der Waals surface area contributed by atoms with Crippen molar-refractivity contribution in [1.29, 1.82) is 0 Å². The van der Waals surface area contributed by atoms with Crippen LogP contribution in [-0.4, -0.2) is 43.3 Å². The molecule has 2 nitrogen and oxygen atoms in total. The van der Waals surface area contributed by atoms with Gasteiger partial charge in [-0.05, 0) is 6.92 Å². The summed E-state index contributed by atoms with van der Waals surface area (Å²) in [6.45, 7) is 2.81. The third kappa shape index (κ3) is 2.98. The van der Waals surface area contributed by atoms with Gasteiger partial charge in [-0.15, -0.1) is 0 Å². The van der Waals surface area contributed by atoms with Gasteiger partial charge in [0.05, 0.1) is 6.54 Å². The lowest BCUT2D eigenvalue weighted by molar-refractivity contribution is -0.151. The van der Waals surface area contributed by atoms with Gasteiger partial charge in [-0.3, -0.25) is 4.90 Å². The molecule has 0 unspecified atom stereocenters. The van der Waals surface area contributed by atoms with Gasteiger partial charge in [0, 0.05) is 25.7 Å². The second-order valence-corrected chi connectivity index (χ2v) is 3.14. The number of piperazine rings is 1. The molecule has 1 aliphatic heterocycles. The largest absolute Gasteiger partial charge is 0.401 e. The Bertz CT molecular complexity index is 146. The van der Waals surface area contributed by atoms with E-state index in [1.807, 2.05) is 0 Å². The first kappa shape index (κ1) is 9.80. The summed E-state index contributed by atoms with van der Waals surface area (Å²) in [4.78, 5) is 1.45. The average molecular weight is 182 g/mol. The van der Waals surface area contributed by atoms with Crippen LogP contribution in [0.5, 0.6) is 0 Å². The molecule has 5 heteroatoms. The van der Waals surface area contributed by atoms with Gasteiger partial charge in [-0.25, -0.2) is 0 Å². The normalized spacial score (nSPS) is 27.5. The molecule has 0 radical (unpaired) electrons. The van der Waals surface area contributed by atoms with E-state index in [9.17, 15) is 13.2 Å². The van der Waals surface area contributed by atoms with E-state index < -0.39 is 12.7 Å². The summed E-state index contributed by atoms with van der Waals surface area (Å²) in [6, 6.07) is -0.0135. The minimum Gasteiger partial charge on any atom is -0.314 e. The molecule has 0 bridgehead atoms. The third-order valence-electron chi connectivity index (χ3n) is 2.02. The molecule has 0 aromatic carbocycles. The molecule has 1 fully saturated rings. The predicted octanol–water partition coefficient (Wildman–Crippen LogP) is 0.842. The topological polar surface area (TPSA) is 15.3 Å². The molecule has 1 N–H and O–H groups in total. The molecule has 12 heavy (non-hydrogen) atoms. The highest BCUT2D eigenvalue weighted by Crippen LogP contribution is 2.18. The first-order valence-electron chi connectivity index (χ1n) is 4.00. The highest BCUT2D eigenvalue weighted by atomic mass is 19.4. The van der Waals surface area contributed by atoms with Gasteiger partial charge in [0.15, 0.2) is 0 Å². The van der Waals surface area contributed by atoms with Gasteiger partial charge < -0.3 is 5.32 Å². The maximum atomic E-state index is 12.0. The Morgan fingerprint density at radius 2 is 2.17 bits per heavy atom. The zero-order valence-electron chi connectivity index (χ0n) is 6.99. The standard InChI is InChI=1S/C7H13F3N2/c1-6-4-11-2-3-12(6)5-7(8,9)10/h6,11H,2-5H2,1H3/t6-/m1/s1. The van der Waals surface area contributed by atoms with Gasteiger partial charge in [0.2, 0.25) is 0 Å². The monoisotopic (exact) mass is 182 g/mol. The average Bonchev–Trinajstić information content (AvgIpc) is 1.91. The van der Waals surface area contributed by atoms with Crippen molar-refractivity contribution in [3.8, 4) is 0 Å². The molecule has 0 spiro atoms. The minimum atomic E-state index is -4.06. The highest BCUT2D eigenvalue weighted by molar-refractivity contribution is 4.77. The summed E-state index contributed by atoms with van der Waals surface area (Å²) in [5.41, 5.74) is 0. The van der Waals surface area contributed by atoms with Crippen LogP contribution in [0.1, 0.15) is 6.92 Å². The van der Waals surface area contributed by atoms with Gasteiger partial charge in [-0.2, -0.15) is 13.2 Å². The van der Waals surface area contributed by atoms with Crippen molar-refractivity contribution in [1.82, 2.24) is 10.2 Å². The van der Waals surface area contributed by atoms with E-state index >= 15 is 0 Å². The fraction of sp³-hybridized carbons (Fsp3) is 1.00. The predicted molar refractivity (Wildman–Crippen MR) is 40.0 cm³/mol. The van der Waals surface area contributed by atoms with E-state index in [1.54, 1.807) is 6.92 Å². The van der Waals surface area contributed by atoms with Crippen LogP contribution in [-0.2, 0) is 0 Å². The van der Waals surface area contributed by atoms with Crippen molar-refractivity contribution in [2.75, 3.05) is 26.2 Å². The molecule has 1 heterocycles. The molecule has 1 atom stereocenters. The third-order valence-corrected chi connectivity index (χ3v) is 2.02. The van der Waals surface area contributed by atoms with E-state index in [1.165, 1.54) is 4.90 Å². The Morgan fingerprint density at radius 3 is 2.67 bits per heavy atom. The van der Waals surface area contributed by atoms with Crippen molar-refractivity contribution in [3.05, 3.63) is 0 Å². The lowest BCUT2D eigenvalue weighted by Gasteiger charge is -2.34. The Labute approximate surface area is 69.7 Å². The first-order chi connectivity index (χ1) is 5.49. The van der Waals surface area contributed by atoms with Crippen molar-refractivity contribution < 1.29 is 13.2 Å². The van der Waals surface area contributed by atoms with Crippen molar-refractivity contribution in [3.63, 3.8) is 0 Å². The molecule has 1 aliphatic rings. The van der Waals surface area contributed by atoms with Crippen LogP contribution in [0, 0.1) is 0 Å². The summed E-state index contributed by atoms with van der Waals surface area (Å²) < 4.78 is 35.9. The number of rotatable bonds is 1. The molecule has 1 rings (SSSR count). The van der Waals surface area contributed by atoms with Crippen LogP contribution in [0.15, 0.2) is 0 Å². The highest BCUT2D eigenvalue weighted by Gasteiger charge is 2.33. The second kappa shape index (κ2) is 3.62. The number of nitrogens with one attached hydrogen (secondary N) is 1.